The smallest absolute Gasteiger partial charge is 0.292 e. The number of carbonyl (C=O) groups excluding carboxylic acids is 1. The van der Waals surface area contributed by atoms with Crippen molar-refractivity contribution in [3.8, 4) is 0 Å². The molecule has 0 heterocycles. The summed E-state index contributed by atoms with van der Waals surface area (Å²) in [6.45, 7) is 2.40. The SMILES string of the molecule is C[C@H](C(=O)Nc1ccccc1[N+](=O)[O-])[NH+](C)Cc1cccc(Cl)c1. The lowest BCUT2D eigenvalue weighted by atomic mass is 10.2. The van der Waals surface area contributed by atoms with Crippen LogP contribution in [0.15, 0.2) is 48.5 Å². The molecule has 0 aliphatic carbocycles. The standard InChI is InChI=1S/C17H18ClN3O3/c1-12(20(2)11-13-6-5-7-14(18)10-13)17(22)19-15-8-3-4-9-16(15)21(23)24/h3-10,12H,11H2,1-2H3,(H,19,22)/p+1/t12-/m1/s1. The van der Waals surface area contributed by atoms with Crippen molar-refractivity contribution in [2.45, 2.75) is 19.5 Å². The predicted molar refractivity (Wildman–Crippen MR) is 93.2 cm³/mol. The summed E-state index contributed by atoms with van der Waals surface area (Å²) in [7, 11) is 1.89. The molecular formula is C17H19ClN3O3+. The van der Waals surface area contributed by atoms with Crippen LogP contribution in [0.2, 0.25) is 5.02 Å². The molecule has 0 fully saturated rings. The molecule has 7 heteroatoms. The lowest BCUT2D eigenvalue weighted by molar-refractivity contribution is -0.907. The van der Waals surface area contributed by atoms with Gasteiger partial charge in [0.2, 0.25) is 0 Å². The molecular weight excluding hydrogens is 330 g/mol. The van der Waals surface area contributed by atoms with Gasteiger partial charge in [0.15, 0.2) is 6.04 Å². The fourth-order valence-corrected chi connectivity index (χ4v) is 2.54. The summed E-state index contributed by atoms with van der Waals surface area (Å²) < 4.78 is 0. The fraction of sp³-hybridized carbons (Fsp3) is 0.235. The van der Waals surface area contributed by atoms with Gasteiger partial charge in [0.1, 0.15) is 12.2 Å². The second-order valence-electron chi connectivity index (χ2n) is 5.64. The van der Waals surface area contributed by atoms with E-state index in [1.165, 1.54) is 12.1 Å². The highest BCUT2D eigenvalue weighted by Crippen LogP contribution is 2.23. The molecule has 0 aliphatic heterocycles. The largest absolute Gasteiger partial charge is 0.324 e. The second kappa shape index (κ2) is 7.90. The van der Waals surface area contributed by atoms with Crippen LogP contribution < -0.4 is 10.2 Å². The first-order valence-corrected chi connectivity index (χ1v) is 7.87. The number of hydrogen-bond donors (Lipinski definition) is 2. The summed E-state index contributed by atoms with van der Waals surface area (Å²) in [5.74, 6) is -0.274. The molecule has 0 saturated carbocycles. The highest BCUT2D eigenvalue weighted by atomic mass is 35.5. The molecule has 1 unspecified atom stereocenters. The molecule has 1 amide bonds. The Morgan fingerprint density at radius 3 is 2.67 bits per heavy atom. The second-order valence-corrected chi connectivity index (χ2v) is 6.07. The number of nitrogens with one attached hydrogen (secondary N) is 2. The van der Waals surface area contributed by atoms with Crippen molar-refractivity contribution in [1.82, 2.24) is 0 Å². The van der Waals surface area contributed by atoms with Gasteiger partial charge in [0, 0.05) is 16.7 Å². The molecule has 2 atom stereocenters. The van der Waals surface area contributed by atoms with Gasteiger partial charge in [-0.05, 0) is 25.1 Å². The Hall–Kier alpha value is -2.44. The highest BCUT2D eigenvalue weighted by Gasteiger charge is 2.24. The Morgan fingerprint density at radius 2 is 2.00 bits per heavy atom. The van der Waals surface area contributed by atoms with Crippen LogP contribution in [0.5, 0.6) is 0 Å². The molecule has 0 bridgehead atoms. The first-order chi connectivity index (χ1) is 11.4. The van der Waals surface area contributed by atoms with E-state index in [0.717, 1.165) is 10.5 Å². The zero-order valence-electron chi connectivity index (χ0n) is 13.5. The summed E-state index contributed by atoms with van der Waals surface area (Å²) in [6.07, 6.45) is 0. The van der Waals surface area contributed by atoms with E-state index >= 15 is 0 Å². The normalized spacial score (nSPS) is 13.1. The van der Waals surface area contributed by atoms with E-state index in [4.69, 9.17) is 11.6 Å². The van der Waals surface area contributed by atoms with E-state index in [2.05, 4.69) is 5.32 Å². The Labute approximate surface area is 145 Å². The molecule has 24 heavy (non-hydrogen) atoms. The Balaban J connectivity index is 2.05. The van der Waals surface area contributed by atoms with E-state index in [-0.39, 0.29) is 23.3 Å². The van der Waals surface area contributed by atoms with E-state index in [9.17, 15) is 14.9 Å². The number of rotatable bonds is 6. The predicted octanol–water partition coefficient (Wildman–Crippen LogP) is 2.29. The number of halogens is 1. The van der Waals surface area contributed by atoms with Gasteiger partial charge in [-0.15, -0.1) is 0 Å². The van der Waals surface area contributed by atoms with Crippen molar-refractivity contribution >= 4 is 28.9 Å². The van der Waals surface area contributed by atoms with Gasteiger partial charge >= 0.3 is 0 Å². The minimum absolute atomic E-state index is 0.120. The van der Waals surface area contributed by atoms with Crippen LogP contribution in [0.1, 0.15) is 12.5 Å². The van der Waals surface area contributed by atoms with Crippen LogP contribution in [0, 0.1) is 10.1 Å². The molecule has 0 aromatic heterocycles. The number of quaternary nitrogens is 1. The summed E-state index contributed by atoms with van der Waals surface area (Å²) in [5.41, 5.74) is 1.10. The molecule has 2 aromatic rings. The Bertz CT molecular complexity index is 751. The number of nitro groups is 1. The Morgan fingerprint density at radius 1 is 1.29 bits per heavy atom. The maximum Gasteiger partial charge on any atom is 0.292 e. The number of nitro benzene ring substituents is 1. The number of hydrogen-bond acceptors (Lipinski definition) is 3. The molecule has 0 saturated heterocycles. The van der Waals surface area contributed by atoms with Crippen LogP contribution in [-0.2, 0) is 11.3 Å². The van der Waals surface area contributed by atoms with Crippen molar-refractivity contribution in [3.63, 3.8) is 0 Å². The number of likely N-dealkylation sites (N-methyl/N-ethyl adjacent to an activating group) is 1. The highest BCUT2D eigenvalue weighted by molar-refractivity contribution is 6.30. The zero-order chi connectivity index (χ0) is 17.7. The van der Waals surface area contributed by atoms with Gasteiger partial charge in [-0.1, -0.05) is 35.9 Å². The minimum Gasteiger partial charge on any atom is -0.324 e. The molecule has 2 aromatic carbocycles. The number of amides is 1. The maximum atomic E-state index is 12.4. The van der Waals surface area contributed by atoms with Crippen molar-refractivity contribution < 1.29 is 14.6 Å². The molecule has 0 spiro atoms. The summed E-state index contributed by atoms with van der Waals surface area (Å²) in [6, 6.07) is 13.2. The molecule has 2 N–H and O–H groups in total. The number of benzene rings is 2. The number of nitrogens with zero attached hydrogens (tertiary/aromatic N) is 1. The third kappa shape index (κ3) is 4.53. The quantitative estimate of drug-likeness (QED) is 0.621. The lowest BCUT2D eigenvalue weighted by Gasteiger charge is -2.21. The first kappa shape index (κ1) is 17.9. The van der Waals surface area contributed by atoms with Gasteiger partial charge in [-0.3, -0.25) is 14.9 Å². The van der Waals surface area contributed by atoms with Crippen molar-refractivity contribution in [2.24, 2.45) is 0 Å². The van der Waals surface area contributed by atoms with E-state index in [0.29, 0.717) is 11.6 Å². The molecule has 126 valence electrons. The van der Waals surface area contributed by atoms with Crippen LogP contribution in [0.25, 0.3) is 0 Å². The van der Waals surface area contributed by atoms with Crippen LogP contribution in [0.3, 0.4) is 0 Å². The van der Waals surface area contributed by atoms with Gasteiger partial charge in [-0.25, -0.2) is 0 Å². The average Bonchev–Trinajstić information content (AvgIpc) is 2.54. The summed E-state index contributed by atoms with van der Waals surface area (Å²) in [5, 5.41) is 14.3. The topological polar surface area (TPSA) is 76.7 Å². The van der Waals surface area contributed by atoms with Gasteiger partial charge in [0.25, 0.3) is 11.6 Å². The number of anilines is 1. The van der Waals surface area contributed by atoms with Crippen molar-refractivity contribution in [3.05, 3.63) is 69.2 Å². The third-order valence-corrected chi connectivity index (χ3v) is 4.10. The molecule has 0 radical (unpaired) electrons. The van der Waals surface area contributed by atoms with Gasteiger partial charge in [-0.2, -0.15) is 0 Å². The number of carbonyl (C=O) groups is 1. The minimum atomic E-state index is -0.511. The van der Waals surface area contributed by atoms with Gasteiger partial charge in [0.05, 0.1) is 12.0 Å². The van der Waals surface area contributed by atoms with Crippen molar-refractivity contribution in [2.75, 3.05) is 12.4 Å². The average molecular weight is 349 g/mol. The van der Waals surface area contributed by atoms with E-state index in [1.807, 2.05) is 25.2 Å². The van der Waals surface area contributed by atoms with Gasteiger partial charge < -0.3 is 10.2 Å². The fourth-order valence-electron chi connectivity index (χ4n) is 2.33. The molecule has 6 nitrogen and oxygen atoms in total. The first-order valence-electron chi connectivity index (χ1n) is 7.49. The lowest BCUT2D eigenvalue weighted by Crippen LogP contribution is -3.12. The maximum absolute atomic E-state index is 12.4. The third-order valence-electron chi connectivity index (χ3n) is 3.86. The Kier molecular flexibility index (Phi) is 5.89. The molecule has 2 rings (SSSR count). The zero-order valence-corrected chi connectivity index (χ0v) is 14.2. The number of para-hydroxylation sites is 2. The van der Waals surface area contributed by atoms with Crippen LogP contribution >= 0.6 is 11.6 Å². The van der Waals surface area contributed by atoms with E-state index in [1.54, 1.807) is 25.1 Å². The van der Waals surface area contributed by atoms with E-state index < -0.39 is 4.92 Å². The molecule has 0 aliphatic rings. The van der Waals surface area contributed by atoms with Crippen molar-refractivity contribution in [1.29, 1.82) is 0 Å². The summed E-state index contributed by atoms with van der Waals surface area (Å²) >= 11 is 5.97. The van der Waals surface area contributed by atoms with Crippen LogP contribution in [-0.4, -0.2) is 23.9 Å². The monoisotopic (exact) mass is 348 g/mol. The summed E-state index contributed by atoms with van der Waals surface area (Å²) in [4.78, 5) is 23.9. The van der Waals surface area contributed by atoms with Crippen LogP contribution in [0.4, 0.5) is 11.4 Å².